The zero-order valence-corrected chi connectivity index (χ0v) is 64.5. The van der Waals surface area contributed by atoms with Crippen molar-refractivity contribution in [3.8, 4) is 0 Å². The van der Waals surface area contributed by atoms with Crippen LogP contribution >= 0.6 is 15.6 Å². The molecule has 0 aromatic heterocycles. The summed E-state index contributed by atoms with van der Waals surface area (Å²) >= 11 is 0. The van der Waals surface area contributed by atoms with E-state index in [4.69, 9.17) is 37.0 Å². The lowest BCUT2D eigenvalue weighted by molar-refractivity contribution is -0.161. The van der Waals surface area contributed by atoms with Crippen molar-refractivity contribution in [2.24, 2.45) is 11.8 Å². The van der Waals surface area contributed by atoms with Crippen molar-refractivity contribution in [3.05, 3.63) is 0 Å². The number of phosphoric acid groups is 2. The maximum absolute atomic E-state index is 13.1. The van der Waals surface area contributed by atoms with Gasteiger partial charge >= 0.3 is 39.5 Å². The Morgan fingerprint density at radius 1 is 0.281 bits per heavy atom. The molecule has 0 aliphatic rings. The van der Waals surface area contributed by atoms with E-state index < -0.39 is 97.5 Å². The number of unbranched alkanes of at least 4 members (excludes halogenated alkanes) is 46. The zero-order chi connectivity index (χ0) is 70.7. The summed E-state index contributed by atoms with van der Waals surface area (Å²) in [4.78, 5) is 72.9. The number of aliphatic hydroxyl groups is 1. The monoisotopic (exact) mass is 1410 g/mol. The van der Waals surface area contributed by atoms with E-state index >= 15 is 0 Å². The molecule has 0 aliphatic heterocycles. The fourth-order valence-electron chi connectivity index (χ4n) is 11.8. The normalized spacial score (nSPS) is 14.0. The van der Waals surface area contributed by atoms with Crippen molar-refractivity contribution < 1.29 is 80.2 Å². The largest absolute Gasteiger partial charge is 0.472 e. The summed E-state index contributed by atoms with van der Waals surface area (Å²) in [5.41, 5.74) is 0. The van der Waals surface area contributed by atoms with E-state index in [0.717, 1.165) is 102 Å². The van der Waals surface area contributed by atoms with Gasteiger partial charge in [0.15, 0.2) is 12.2 Å². The Morgan fingerprint density at radius 3 is 0.708 bits per heavy atom. The van der Waals surface area contributed by atoms with Crippen LogP contribution in [-0.2, 0) is 65.4 Å². The Labute approximate surface area is 588 Å². The number of ether oxygens (including phenoxy) is 4. The van der Waals surface area contributed by atoms with Gasteiger partial charge in [-0.15, -0.1) is 0 Å². The molecular formula is C77H150O17P2. The molecule has 0 heterocycles. The molecule has 0 spiro atoms. The number of rotatable bonds is 76. The van der Waals surface area contributed by atoms with E-state index in [0.29, 0.717) is 25.7 Å². The van der Waals surface area contributed by atoms with Crippen molar-refractivity contribution in [3.63, 3.8) is 0 Å². The standard InChI is InChI=1S/C77H150O17P2/c1-7-9-11-13-15-17-19-24-29-37-43-49-55-61-76(81)93-72(65-87-74(79)59-53-47-41-35-28-20-18-16-14-12-10-8-2)67-91-95(83,84)89-63-71(78)64-90-96(85,86)92-68-73(66-88-75(80)60-54-48-42-36-32-31-34-40-46-52-58-70(5)6)94-77(82)62-56-50-44-38-30-26-23-21-22-25-27-33-39-45-51-57-69(3)4/h69-73,78H,7-68H2,1-6H3,(H,83,84)(H,85,86)/t71-,72+,73+/m0/s1. The van der Waals surface area contributed by atoms with Gasteiger partial charge in [0.05, 0.1) is 26.4 Å². The molecule has 0 fully saturated rings. The number of esters is 4. The Kier molecular flexibility index (Phi) is 67.4. The van der Waals surface area contributed by atoms with Gasteiger partial charge in [-0.1, -0.05) is 350 Å². The van der Waals surface area contributed by atoms with Gasteiger partial charge < -0.3 is 33.8 Å². The summed E-state index contributed by atoms with van der Waals surface area (Å²) in [5.74, 6) is -0.550. The number of aliphatic hydroxyl groups excluding tert-OH is 1. The van der Waals surface area contributed by atoms with Gasteiger partial charge in [0.25, 0.3) is 0 Å². The summed E-state index contributed by atoms with van der Waals surface area (Å²) < 4.78 is 68.6. The van der Waals surface area contributed by atoms with Crippen LogP contribution in [-0.4, -0.2) is 96.7 Å². The van der Waals surface area contributed by atoms with E-state index in [1.165, 1.54) is 218 Å². The Morgan fingerprint density at radius 2 is 0.479 bits per heavy atom. The quantitative estimate of drug-likeness (QED) is 0.0222. The lowest BCUT2D eigenvalue weighted by Gasteiger charge is -2.21. The van der Waals surface area contributed by atoms with Crippen molar-refractivity contribution in [1.82, 2.24) is 0 Å². The Balaban J connectivity index is 5.25. The average Bonchev–Trinajstić information content (AvgIpc) is 1.54. The van der Waals surface area contributed by atoms with Gasteiger partial charge in [-0.05, 0) is 37.5 Å². The molecule has 5 atom stereocenters. The van der Waals surface area contributed by atoms with Crippen LogP contribution in [0.2, 0.25) is 0 Å². The maximum Gasteiger partial charge on any atom is 0.472 e. The van der Waals surface area contributed by atoms with Gasteiger partial charge in [0, 0.05) is 25.7 Å². The molecule has 96 heavy (non-hydrogen) atoms. The third-order valence-corrected chi connectivity index (χ3v) is 19.9. The number of phosphoric ester groups is 2. The van der Waals surface area contributed by atoms with Crippen molar-refractivity contribution >= 4 is 39.5 Å². The van der Waals surface area contributed by atoms with E-state index in [-0.39, 0.29) is 25.7 Å². The second-order valence-corrected chi connectivity index (χ2v) is 31.6. The third kappa shape index (κ3) is 70.5. The molecule has 0 amide bonds. The summed E-state index contributed by atoms with van der Waals surface area (Å²) in [6.07, 6.45) is 56.7. The molecule has 0 saturated heterocycles. The zero-order valence-electron chi connectivity index (χ0n) is 62.7. The fraction of sp³-hybridized carbons (Fsp3) is 0.948. The Hall–Kier alpha value is -1.94. The lowest BCUT2D eigenvalue weighted by Crippen LogP contribution is -2.30. The van der Waals surface area contributed by atoms with Crippen LogP contribution in [0.1, 0.15) is 401 Å². The highest BCUT2D eigenvalue weighted by Gasteiger charge is 2.30. The summed E-state index contributed by atoms with van der Waals surface area (Å²) in [5, 5.41) is 10.6. The number of carbonyl (C=O) groups excluding carboxylic acids is 4. The molecule has 0 aromatic rings. The van der Waals surface area contributed by atoms with Crippen molar-refractivity contribution in [1.29, 1.82) is 0 Å². The Bertz CT molecular complexity index is 1860. The van der Waals surface area contributed by atoms with Gasteiger partial charge in [0.1, 0.15) is 19.3 Å². The molecule has 0 aromatic carbocycles. The summed E-state index contributed by atoms with van der Waals surface area (Å²) in [6, 6.07) is 0. The van der Waals surface area contributed by atoms with E-state index in [9.17, 15) is 43.2 Å². The predicted molar refractivity (Wildman–Crippen MR) is 391 cm³/mol. The molecule has 0 rings (SSSR count). The van der Waals surface area contributed by atoms with Crippen LogP contribution in [0.15, 0.2) is 0 Å². The van der Waals surface area contributed by atoms with Crippen LogP contribution in [0.25, 0.3) is 0 Å². The van der Waals surface area contributed by atoms with Crippen molar-refractivity contribution in [2.75, 3.05) is 39.6 Å². The summed E-state index contributed by atoms with van der Waals surface area (Å²) in [7, 11) is -9.91. The second-order valence-electron chi connectivity index (χ2n) is 28.7. The molecule has 0 aliphatic carbocycles. The molecule has 17 nitrogen and oxygen atoms in total. The van der Waals surface area contributed by atoms with Gasteiger partial charge in [-0.2, -0.15) is 0 Å². The average molecular weight is 1410 g/mol. The van der Waals surface area contributed by atoms with Gasteiger partial charge in [-0.25, -0.2) is 9.13 Å². The summed E-state index contributed by atoms with van der Waals surface area (Å²) in [6.45, 7) is 9.63. The molecule has 0 radical (unpaired) electrons. The first-order valence-electron chi connectivity index (χ1n) is 40.0. The first kappa shape index (κ1) is 94.1. The van der Waals surface area contributed by atoms with Crippen LogP contribution in [0.3, 0.4) is 0 Å². The second kappa shape index (κ2) is 68.8. The number of hydrogen-bond donors (Lipinski definition) is 3. The third-order valence-electron chi connectivity index (χ3n) is 18.0. The lowest BCUT2D eigenvalue weighted by atomic mass is 10.0. The molecule has 2 unspecified atom stereocenters. The highest BCUT2D eigenvalue weighted by Crippen LogP contribution is 2.45. The smallest absolute Gasteiger partial charge is 0.462 e. The molecule has 3 N–H and O–H groups in total. The van der Waals surface area contributed by atoms with Crippen LogP contribution in [0.4, 0.5) is 0 Å². The number of carbonyl (C=O) groups is 4. The van der Waals surface area contributed by atoms with Crippen LogP contribution in [0, 0.1) is 11.8 Å². The molecule has 570 valence electrons. The van der Waals surface area contributed by atoms with Crippen molar-refractivity contribution in [2.45, 2.75) is 419 Å². The first-order valence-corrected chi connectivity index (χ1v) is 43.0. The predicted octanol–water partition coefficient (Wildman–Crippen LogP) is 22.7. The topological polar surface area (TPSA) is 237 Å². The van der Waals surface area contributed by atoms with Gasteiger partial charge in [-0.3, -0.25) is 37.3 Å². The van der Waals surface area contributed by atoms with E-state index in [1.807, 2.05) is 0 Å². The minimum Gasteiger partial charge on any atom is -0.462 e. The van der Waals surface area contributed by atoms with E-state index in [2.05, 4.69) is 41.5 Å². The molecule has 0 saturated carbocycles. The molecule has 0 bridgehead atoms. The number of hydrogen-bond acceptors (Lipinski definition) is 15. The molecular weight excluding hydrogens is 1260 g/mol. The van der Waals surface area contributed by atoms with Gasteiger partial charge in [0.2, 0.25) is 0 Å². The minimum absolute atomic E-state index is 0.108. The first-order chi connectivity index (χ1) is 46.4. The van der Waals surface area contributed by atoms with Crippen LogP contribution < -0.4 is 0 Å². The van der Waals surface area contributed by atoms with Crippen LogP contribution in [0.5, 0.6) is 0 Å². The fourth-order valence-corrected chi connectivity index (χ4v) is 13.4. The minimum atomic E-state index is -4.96. The molecule has 19 heteroatoms. The SMILES string of the molecule is CCCCCCCCCCCCCCCC(=O)O[C@H](COC(=O)CCCCCCCCCCCCCC)COP(=O)(O)OC[C@H](O)COP(=O)(O)OC[C@@H](COC(=O)CCCCCCCCCCCCC(C)C)OC(=O)CCCCCCCCCCCCCCCCCC(C)C. The highest BCUT2D eigenvalue weighted by molar-refractivity contribution is 7.47. The van der Waals surface area contributed by atoms with E-state index in [1.54, 1.807) is 0 Å². The highest BCUT2D eigenvalue weighted by atomic mass is 31.2. The maximum atomic E-state index is 13.1.